The van der Waals surface area contributed by atoms with Crippen molar-refractivity contribution in [3.8, 4) is 0 Å². The van der Waals surface area contributed by atoms with E-state index in [0.29, 0.717) is 0 Å². The van der Waals surface area contributed by atoms with Gasteiger partial charge < -0.3 is 11.2 Å². The van der Waals surface area contributed by atoms with Crippen molar-refractivity contribution in [2.24, 2.45) is 0 Å². The van der Waals surface area contributed by atoms with Gasteiger partial charge in [0.1, 0.15) is 0 Å². The molecule has 0 aliphatic heterocycles. The van der Waals surface area contributed by atoms with Gasteiger partial charge in [0.05, 0.1) is 0 Å². The van der Waals surface area contributed by atoms with Crippen molar-refractivity contribution in [2.45, 2.75) is 38.5 Å². The van der Waals surface area contributed by atoms with Gasteiger partial charge in [-0.3, -0.25) is 4.98 Å². The number of hydrogen-bond acceptors (Lipinski definition) is 2. The van der Waals surface area contributed by atoms with Gasteiger partial charge in [-0.05, 0) is 49.7 Å². The molecular weight excluding hydrogens is 176 g/mol. The maximum atomic E-state index is 6.15. The minimum Gasteiger partial charge on any atom is -0.412 e. The molecule has 0 bridgehead atoms. The third-order valence-corrected chi connectivity index (χ3v) is 3.30. The van der Waals surface area contributed by atoms with Gasteiger partial charge in [-0.1, -0.05) is 0 Å². The van der Waals surface area contributed by atoms with E-state index < -0.39 is 0 Å². The second-order valence-electron chi connectivity index (χ2n) is 4.08. The predicted molar refractivity (Wildman–Crippen MR) is 56.3 cm³/mol. The Hall–Kier alpha value is -1.09. The van der Waals surface area contributed by atoms with E-state index in [-0.39, 0.29) is 5.48 Å². The summed E-state index contributed by atoms with van der Waals surface area (Å²) in [5.74, 6) is 0. The van der Waals surface area contributed by atoms with Crippen LogP contribution in [0.1, 0.15) is 35.4 Å². The Balaban J connectivity index is 0.000000750. The van der Waals surface area contributed by atoms with Crippen molar-refractivity contribution in [1.29, 1.82) is 0 Å². The molecule has 76 valence electrons. The van der Waals surface area contributed by atoms with Crippen molar-refractivity contribution < 1.29 is 5.48 Å². The van der Waals surface area contributed by atoms with Crippen LogP contribution in [0.3, 0.4) is 0 Å². The molecule has 4 N–H and O–H groups in total. The highest BCUT2D eigenvalue weighted by Crippen LogP contribution is 2.34. The first kappa shape index (κ1) is 9.46. The molecule has 0 atom stereocenters. The normalized spacial score (nSPS) is 17.4. The number of anilines is 1. The molecule has 3 rings (SSSR count). The standard InChI is InChI=1S/C11H14N2.H2O/c12-11-7-3-1-5-9(7)13-10-6-2-4-8(10)11;/h1-6H2,(H2,12,13);1H2. The summed E-state index contributed by atoms with van der Waals surface area (Å²) in [6.07, 6.45) is 7.09. The van der Waals surface area contributed by atoms with Crippen molar-refractivity contribution in [2.75, 3.05) is 5.73 Å². The van der Waals surface area contributed by atoms with Crippen LogP contribution in [-0.2, 0) is 25.7 Å². The lowest BCUT2D eigenvalue weighted by molar-refractivity contribution is 0.824. The summed E-state index contributed by atoms with van der Waals surface area (Å²) >= 11 is 0. The minimum atomic E-state index is 0. The first-order chi connectivity index (χ1) is 6.36. The van der Waals surface area contributed by atoms with Gasteiger partial charge in [0.25, 0.3) is 0 Å². The predicted octanol–water partition coefficient (Wildman–Crippen LogP) is 0.817. The molecular formula is C11H16N2O. The highest BCUT2D eigenvalue weighted by molar-refractivity contribution is 5.59. The van der Waals surface area contributed by atoms with Crippen LogP contribution in [0, 0.1) is 0 Å². The van der Waals surface area contributed by atoms with E-state index in [9.17, 15) is 0 Å². The summed E-state index contributed by atoms with van der Waals surface area (Å²) < 4.78 is 0. The van der Waals surface area contributed by atoms with E-state index in [0.717, 1.165) is 31.4 Å². The first-order valence-electron chi connectivity index (χ1n) is 5.15. The molecule has 14 heavy (non-hydrogen) atoms. The van der Waals surface area contributed by atoms with Gasteiger partial charge in [-0.25, -0.2) is 0 Å². The average Bonchev–Trinajstić information content (AvgIpc) is 2.71. The van der Waals surface area contributed by atoms with Gasteiger partial charge in [0, 0.05) is 17.1 Å². The number of fused-ring (bicyclic) bond motifs is 2. The Morgan fingerprint density at radius 2 is 1.36 bits per heavy atom. The lowest BCUT2D eigenvalue weighted by Crippen LogP contribution is -2.03. The summed E-state index contributed by atoms with van der Waals surface area (Å²) in [5, 5.41) is 0. The quantitative estimate of drug-likeness (QED) is 0.661. The van der Waals surface area contributed by atoms with Crippen LogP contribution in [0.5, 0.6) is 0 Å². The maximum Gasteiger partial charge on any atom is 0.0459 e. The molecule has 2 aliphatic carbocycles. The van der Waals surface area contributed by atoms with Crippen LogP contribution in [0.15, 0.2) is 0 Å². The van der Waals surface area contributed by atoms with Crippen molar-refractivity contribution in [3.05, 3.63) is 22.5 Å². The topological polar surface area (TPSA) is 70.4 Å². The van der Waals surface area contributed by atoms with Gasteiger partial charge >= 0.3 is 0 Å². The SMILES string of the molecule is Nc1c2c(nc3c1CCC3)CCC2.O. The number of aromatic nitrogens is 1. The number of nitrogens with zero attached hydrogens (tertiary/aromatic N) is 1. The second-order valence-corrected chi connectivity index (χ2v) is 4.08. The number of aryl methyl sites for hydroxylation is 2. The summed E-state index contributed by atoms with van der Waals surface area (Å²) in [6, 6.07) is 0. The zero-order valence-corrected chi connectivity index (χ0v) is 8.27. The second kappa shape index (κ2) is 3.24. The maximum absolute atomic E-state index is 6.15. The molecule has 0 aromatic carbocycles. The van der Waals surface area contributed by atoms with Crippen molar-refractivity contribution in [1.82, 2.24) is 4.98 Å². The van der Waals surface area contributed by atoms with E-state index in [2.05, 4.69) is 0 Å². The third-order valence-electron chi connectivity index (χ3n) is 3.30. The monoisotopic (exact) mass is 192 g/mol. The van der Waals surface area contributed by atoms with Crippen LogP contribution in [0.4, 0.5) is 5.69 Å². The van der Waals surface area contributed by atoms with E-state index in [1.165, 1.54) is 35.4 Å². The Labute approximate surface area is 83.6 Å². The van der Waals surface area contributed by atoms with Gasteiger partial charge in [0.2, 0.25) is 0 Å². The average molecular weight is 192 g/mol. The fraction of sp³-hybridized carbons (Fsp3) is 0.545. The summed E-state index contributed by atoms with van der Waals surface area (Å²) in [6.45, 7) is 0. The minimum absolute atomic E-state index is 0. The largest absolute Gasteiger partial charge is 0.412 e. The first-order valence-corrected chi connectivity index (χ1v) is 5.15. The molecule has 0 saturated carbocycles. The molecule has 1 heterocycles. The van der Waals surface area contributed by atoms with Crippen LogP contribution >= 0.6 is 0 Å². The third kappa shape index (κ3) is 1.12. The van der Waals surface area contributed by atoms with E-state index in [1.807, 2.05) is 0 Å². The molecule has 1 aromatic heterocycles. The molecule has 3 nitrogen and oxygen atoms in total. The molecule has 0 fully saturated rings. The van der Waals surface area contributed by atoms with E-state index in [4.69, 9.17) is 10.7 Å². The molecule has 0 spiro atoms. The van der Waals surface area contributed by atoms with Crippen molar-refractivity contribution in [3.63, 3.8) is 0 Å². The Bertz CT molecular complexity index is 342. The number of nitrogens with two attached hydrogens (primary N) is 1. The molecule has 0 radical (unpaired) electrons. The van der Waals surface area contributed by atoms with Crippen LogP contribution < -0.4 is 5.73 Å². The number of nitrogen functional groups attached to an aromatic ring is 1. The number of pyridine rings is 1. The summed E-state index contributed by atoms with van der Waals surface area (Å²) in [7, 11) is 0. The fourth-order valence-electron chi connectivity index (χ4n) is 2.63. The number of rotatable bonds is 0. The zero-order valence-electron chi connectivity index (χ0n) is 8.27. The van der Waals surface area contributed by atoms with Gasteiger partial charge in [0.15, 0.2) is 0 Å². The number of hydrogen-bond donors (Lipinski definition) is 1. The van der Waals surface area contributed by atoms with Crippen LogP contribution in [-0.4, -0.2) is 10.5 Å². The Morgan fingerprint density at radius 1 is 0.857 bits per heavy atom. The molecule has 1 aromatic rings. The Morgan fingerprint density at radius 3 is 1.86 bits per heavy atom. The zero-order chi connectivity index (χ0) is 8.84. The summed E-state index contributed by atoms with van der Waals surface area (Å²) in [4.78, 5) is 4.71. The Kier molecular flexibility index (Phi) is 2.19. The highest BCUT2D eigenvalue weighted by Gasteiger charge is 2.23. The van der Waals surface area contributed by atoms with Crippen LogP contribution in [0.2, 0.25) is 0 Å². The molecule has 2 aliphatic rings. The highest BCUT2D eigenvalue weighted by atomic mass is 16.0. The van der Waals surface area contributed by atoms with Crippen molar-refractivity contribution >= 4 is 5.69 Å². The smallest absolute Gasteiger partial charge is 0.0459 e. The molecule has 0 unspecified atom stereocenters. The van der Waals surface area contributed by atoms with E-state index in [1.54, 1.807) is 0 Å². The summed E-state index contributed by atoms with van der Waals surface area (Å²) in [5.41, 5.74) is 12.5. The van der Waals surface area contributed by atoms with E-state index >= 15 is 0 Å². The lowest BCUT2D eigenvalue weighted by Gasteiger charge is -2.08. The van der Waals surface area contributed by atoms with Gasteiger partial charge in [-0.2, -0.15) is 0 Å². The molecule has 3 heteroatoms. The fourth-order valence-corrected chi connectivity index (χ4v) is 2.63. The van der Waals surface area contributed by atoms with Gasteiger partial charge in [-0.15, -0.1) is 0 Å². The molecule has 0 amide bonds. The van der Waals surface area contributed by atoms with Crippen LogP contribution in [0.25, 0.3) is 0 Å². The lowest BCUT2D eigenvalue weighted by atomic mass is 10.1. The molecule has 0 saturated heterocycles.